The second-order valence-electron chi connectivity index (χ2n) is 6.34. The van der Waals surface area contributed by atoms with Crippen molar-refractivity contribution in [3.05, 3.63) is 53.1 Å². The molecule has 1 aliphatic heterocycles. The SMILES string of the molecule is CN(Cc1ccccn1)[C@H]1CCCN(C(=O)c2cc(Cl)c[nH]2)CC1. The molecule has 6 heteroatoms. The normalized spacial score (nSPS) is 18.6. The fraction of sp³-hybridized carbons (Fsp3) is 0.444. The number of amides is 1. The second-order valence-corrected chi connectivity index (χ2v) is 6.78. The van der Waals surface area contributed by atoms with E-state index in [4.69, 9.17) is 11.6 Å². The fourth-order valence-electron chi connectivity index (χ4n) is 3.26. The zero-order valence-corrected chi connectivity index (χ0v) is 14.7. The smallest absolute Gasteiger partial charge is 0.270 e. The van der Waals surface area contributed by atoms with E-state index in [2.05, 4.69) is 28.0 Å². The topological polar surface area (TPSA) is 52.2 Å². The number of hydrogen-bond acceptors (Lipinski definition) is 3. The Labute approximate surface area is 147 Å². The van der Waals surface area contributed by atoms with E-state index >= 15 is 0 Å². The zero-order chi connectivity index (χ0) is 16.9. The first-order valence-electron chi connectivity index (χ1n) is 8.37. The summed E-state index contributed by atoms with van der Waals surface area (Å²) in [6.07, 6.45) is 6.56. The lowest BCUT2D eigenvalue weighted by atomic mass is 10.1. The van der Waals surface area contributed by atoms with Crippen LogP contribution in [0.2, 0.25) is 5.02 Å². The molecule has 1 aliphatic rings. The minimum absolute atomic E-state index is 0.0370. The molecule has 1 saturated heterocycles. The molecule has 2 aromatic heterocycles. The summed E-state index contributed by atoms with van der Waals surface area (Å²) in [4.78, 5) is 24.2. The summed E-state index contributed by atoms with van der Waals surface area (Å²) in [6, 6.07) is 8.17. The average Bonchev–Trinajstić information content (AvgIpc) is 2.87. The highest BCUT2D eigenvalue weighted by molar-refractivity contribution is 6.30. The fourth-order valence-corrected chi connectivity index (χ4v) is 3.42. The number of rotatable bonds is 4. The van der Waals surface area contributed by atoms with Crippen LogP contribution >= 0.6 is 11.6 Å². The number of carbonyl (C=O) groups is 1. The van der Waals surface area contributed by atoms with Gasteiger partial charge in [-0.1, -0.05) is 17.7 Å². The van der Waals surface area contributed by atoms with E-state index in [0.29, 0.717) is 16.8 Å². The van der Waals surface area contributed by atoms with Gasteiger partial charge in [0, 0.05) is 38.1 Å². The zero-order valence-electron chi connectivity index (χ0n) is 13.9. The van der Waals surface area contributed by atoms with Gasteiger partial charge in [0.1, 0.15) is 5.69 Å². The Hall–Kier alpha value is -1.85. The molecule has 0 saturated carbocycles. The van der Waals surface area contributed by atoms with Crippen molar-refractivity contribution in [2.75, 3.05) is 20.1 Å². The van der Waals surface area contributed by atoms with Crippen molar-refractivity contribution >= 4 is 17.5 Å². The van der Waals surface area contributed by atoms with Gasteiger partial charge in [-0.25, -0.2) is 0 Å². The predicted molar refractivity (Wildman–Crippen MR) is 95.0 cm³/mol. The Morgan fingerprint density at radius 2 is 2.29 bits per heavy atom. The first-order chi connectivity index (χ1) is 11.6. The van der Waals surface area contributed by atoms with Crippen LogP contribution in [0.1, 0.15) is 35.4 Å². The Morgan fingerprint density at radius 3 is 3.00 bits per heavy atom. The summed E-state index contributed by atoms with van der Waals surface area (Å²) in [6.45, 7) is 2.40. The molecule has 0 bridgehead atoms. The van der Waals surface area contributed by atoms with Crippen LogP contribution in [0.25, 0.3) is 0 Å². The Bertz CT molecular complexity index is 673. The summed E-state index contributed by atoms with van der Waals surface area (Å²) in [5.74, 6) is 0.0370. The second kappa shape index (κ2) is 7.81. The quantitative estimate of drug-likeness (QED) is 0.925. The molecule has 5 nitrogen and oxygen atoms in total. The van der Waals surface area contributed by atoms with Crippen LogP contribution in [-0.2, 0) is 6.54 Å². The standard InChI is InChI=1S/C18H23ClN4O/c1-22(13-15-5-2-3-8-20-15)16-6-4-9-23(10-7-16)18(24)17-11-14(19)12-21-17/h2-3,5,8,11-12,16,21H,4,6-7,9-10,13H2,1H3/t16-/m0/s1. The number of carbonyl (C=O) groups excluding carboxylic acids is 1. The molecule has 0 aliphatic carbocycles. The third-order valence-electron chi connectivity index (χ3n) is 4.62. The first kappa shape index (κ1) is 17.0. The minimum Gasteiger partial charge on any atom is -0.356 e. The maximum absolute atomic E-state index is 12.5. The van der Waals surface area contributed by atoms with Gasteiger partial charge in [0.15, 0.2) is 0 Å². The summed E-state index contributed by atoms with van der Waals surface area (Å²) >= 11 is 5.90. The van der Waals surface area contributed by atoms with E-state index in [0.717, 1.165) is 44.6 Å². The average molecular weight is 347 g/mol. The molecule has 2 aromatic rings. The molecular formula is C18H23ClN4O. The van der Waals surface area contributed by atoms with Crippen molar-refractivity contribution in [2.24, 2.45) is 0 Å². The van der Waals surface area contributed by atoms with Gasteiger partial charge in [-0.2, -0.15) is 0 Å². The van der Waals surface area contributed by atoms with Gasteiger partial charge in [-0.15, -0.1) is 0 Å². The van der Waals surface area contributed by atoms with Crippen molar-refractivity contribution in [1.82, 2.24) is 19.8 Å². The van der Waals surface area contributed by atoms with Crippen molar-refractivity contribution in [3.8, 4) is 0 Å². The maximum atomic E-state index is 12.5. The number of likely N-dealkylation sites (tertiary alicyclic amines) is 1. The van der Waals surface area contributed by atoms with Crippen LogP contribution in [0.15, 0.2) is 36.7 Å². The van der Waals surface area contributed by atoms with Gasteiger partial charge in [0.2, 0.25) is 0 Å². The molecule has 0 aromatic carbocycles. The molecule has 3 rings (SSSR count). The van der Waals surface area contributed by atoms with Crippen molar-refractivity contribution < 1.29 is 4.79 Å². The van der Waals surface area contributed by atoms with Crippen LogP contribution in [0, 0.1) is 0 Å². The number of nitrogens with one attached hydrogen (secondary N) is 1. The van der Waals surface area contributed by atoms with Crippen LogP contribution in [0.3, 0.4) is 0 Å². The number of halogens is 1. The summed E-state index contributed by atoms with van der Waals surface area (Å²) < 4.78 is 0. The summed E-state index contributed by atoms with van der Waals surface area (Å²) in [5, 5.41) is 0.571. The highest BCUT2D eigenvalue weighted by atomic mass is 35.5. The lowest BCUT2D eigenvalue weighted by Gasteiger charge is -2.27. The number of aromatic amines is 1. The number of pyridine rings is 1. The van der Waals surface area contributed by atoms with Crippen LogP contribution in [-0.4, -0.2) is 51.9 Å². The number of aromatic nitrogens is 2. The van der Waals surface area contributed by atoms with Gasteiger partial charge in [0.25, 0.3) is 5.91 Å². The first-order valence-corrected chi connectivity index (χ1v) is 8.74. The third-order valence-corrected chi connectivity index (χ3v) is 4.84. The Balaban J connectivity index is 1.57. The largest absolute Gasteiger partial charge is 0.356 e. The minimum atomic E-state index is 0.0370. The lowest BCUT2D eigenvalue weighted by molar-refractivity contribution is 0.0752. The van der Waals surface area contributed by atoms with Gasteiger partial charge < -0.3 is 9.88 Å². The summed E-state index contributed by atoms with van der Waals surface area (Å²) in [7, 11) is 2.14. The Morgan fingerprint density at radius 1 is 1.42 bits per heavy atom. The highest BCUT2D eigenvalue weighted by Gasteiger charge is 2.24. The number of nitrogens with zero attached hydrogens (tertiary/aromatic N) is 3. The van der Waals surface area contributed by atoms with Gasteiger partial charge in [0.05, 0.1) is 10.7 Å². The van der Waals surface area contributed by atoms with Crippen molar-refractivity contribution in [1.29, 1.82) is 0 Å². The molecule has 0 unspecified atom stereocenters. The predicted octanol–water partition coefficient (Wildman–Crippen LogP) is 3.19. The van der Waals surface area contributed by atoms with E-state index in [1.165, 1.54) is 0 Å². The third kappa shape index (κ3) is 4.16. The number of H-pyrrole nitrogens is 1. The van der Waals surface area contributed by atoms with Gasteiger partial charge in [-0.05, 0) is 44.5 Å². The molecule has 1 fully saturated rings. The number of hydrogen-bond donors (Lipinski definition) is 1. The van der Waals surface area contributed by atoms with Crippen LogP contribution in [0.4, 0.5) is 0 Å². The molecule has 1 N–H and O–H groups in total. The van der Waals surface area contributed by atoms with E-state index in [1.54, 1.807) is 12.3 Å². The van der Waals surface area contributed by atoms with E-state index < -0.39 is 0 Å². The van der Waals surface area contributed by atoms with Crippen LogP contribution in [0.5, 0.6) is 0 Å². The lowest BCUT2D eigenvalue weighted by Crippen LogP contribution is -2.35. The molecule has 1 amide bonds. The van der Waals surface area contributed by atoms with E-state index in [-0.39, 0.29) is 5.91 Å². The van der Waals surface area contributed by atoms with Crippen LogP contribution < -0.4 is 0 Å². The molecule has 1 atom stereocenters. The molecule has 24 heavy (non-hydrogen) atoms. The maximum Gasteiger partial charge on any atom is 0.270 e. The van der Waals surface area contributed by atoms with Gasteiger partial charge in [-0.3, -0.25) is 14.7 Å². The highest BCUT2D eigenvalue weighted by Crippen LogP contribution is 2.19. The van der Waals surface area contributed by atoms with Gasteiger partial charge >= 0.3 is 0 Å². The summed E-state index contributed by atoms with van der Waals surface area (Å²) in [5.41, 5.74) is 1.65. The molecule has 3 heterocycles. The van der Waals surface area contributed by atoms with E-state index in [1.807, 2.05) is 23.2 Å². The monoisotopic (exact) mass is 346 g/mol. The van der Waals surface area contributed by atoms with Crippen molar-refractivity contribution in [3.63, 3.8) is 0 Å². The van der Waals surface area contributed by atoms with E-state index in [9.17, 15) is 4.79 Å². The molecule has 128 valence electrons. The molecule has 0 radical (unpaired) electrons. The van der Waals surface area contributed by atoms with Crippen molar-refractivity contribution in [2.45, 2.75) is 31.8 Å². The molecular weight excluding hydrogens is 324 g/mol. The molecule has 0 spiro atoms. The Kier molecular flexibility index (Phi) is 5.53.